The van der Waals surface area contributed by atoms with Crippen molar-refractivity contribution >= 4 is 214 Å². The number of anilines is 7. The molecule has 17 aromatic rings. The van der Waals surface area contributed by atoms with Crippen LogP contribution in [-0.4, -0.2) is 98.8 Å². The number of benzene rings is 11. The Hall–Kier alpha value is -15.4. The van der Waals surface area contributed by atoms with Crippen molar-refractivity contribution in [1.29, 1.82) is 0 Å². The number of pyridine rings is 6. The first-order valence-corrected chi connectivity index (χ1v) is 44.2. The maximum atomic E-state index is 12.6. The highest BCUT2D eigenvalue weighted by molar-refractivity contribution is 8.24. The second kappa shape index (κ2) is 43.0. The minimum atomic E-state index is -3.22. The molecule has 6 amide bonds. The van der Waals surface area contributed by atoms with Gasteiger partial charge in [-0.2, -0.15) is 0 Å². The number of rotatable bonds is 8. The Morgan fingerprint density at radius 3 is 1.21 bits per heavy atom. The number of nitrogens with two attached hydrogens (primary N) is 4. The number of carbonyl (C=O) groups excluding carboxylic acids is 8. The molecule has 6 aromatic heterocycles. The molecule has 0 saturated heterocycles. The van der Waals surface area contributed by atoms with Crippen LogP contribution in [0.2, 0.25) is 10.3 Å². The zero-order chi connectivity index (χ0) is 92.5. The molecule has 21 rings (SSSR count). The molecule has 0 atom stereocenters. The Balaban J connectivity index is 0.000000138. The summed E-state index contributed by atoms with van der Waals surface area (Å²) in [5.74, 6) is 3.99. The summed E-state index contributed by atoms with van der Waals surface area (Å²) < 4.78 is 25.4. The van der Waals surface area contributed by atoms with Crippen molar-refractivity contribution < 1.29 is 67.1 Å². The third kappa shape index (κ3) is 21.6. The highest BCUT2D eigenvalue weighted by atomic mass is 36.0. The minimum absolute atomic E-state index is 0. The summed E-state index contributed by atoms with van der Waals surface area (Å²) in [4.78, 5) is 121. The van der Waals surface area contributed by atoms with Crippen LogP contribution in [0.25, 0.3) is 64.6 Å². The fourth-order valence-electron chi connectivity index (χ4n) is 14.2. The number of hydrazine groups is 1. The number of aromatic nitrogens is 6. The molecule has 11 N–H and O–H groups in total. The van der Waals surface area contributed by atoms with Crippen LogP contribution in [-0.2, 0) is 15.8 Å². The molecule has 0 radical (unpaired) electrons. The van der Waals surface area contributed by atoms with Gasteiger partial charge in [0.1, 0.15) is 27.6 Å². The standard InChI is InChI=1S/C18H19N3O2.C17H9ClN2O2.C17H11N2O3.C17H10N2O2.C9H7ClN2.C9H8N2.C8H4O3.CH6N2.CH4.Cl3OP/c1-22-13-7-6-12(17(10-13)23-2)11-21-18-15-4-3-5-16(19)14(15)8-9-20-18;18-15-11-6-3-7-14(10(11)8-9-19-15)20-16(21)12-4-1-2-5-13(12)17(20)22;20-16-13-5-1-2-6-14(13)17(21)19(16)15-7-3-4-11-10-18(22)9-8-12(11)15;20-16-13-5-1-2-6-14(13)17(21)19(16)15-7-3-4-11-10-18-9-8-12(11)15;10-9-7-2-1-3-8(11)6(7)4-5-12-9;10-9-3-1-2-7-6-11-5-4-8(7)9;9-7-5-3-1-2-4-6(5)8(10)11-7;1-3-2;;1-5(2,3)4/h3-10H,11,19H2,1-2H3,(H,20,21);1-9H;1-10,22H;1-10H;1-5H,11H2;1-6H,10H2;1-4H;3H,2H2,1H3;1H4;/q;;+1;;;;;;;. The normalized spacial score (nSPS) is 12.3. The van der Waals surface area contributed by atoms with Crippen LogP contribution in [0.5, 0.6) is 11.5 Å². The molecule has 0 unspecified atom stereocenters. The van der Waals surface area contributed by atoms with Gasteiger partial charge in [-0.05, 0) is 174 Å². The second-order valence-corrected chi connectivity index (χ2v) is 35.3. The molecule has 0 bridgehead atoms. The first kappa shape index (κ1) is 94.8. The smallest absolute Gasteiger partial charge is 0.346 e. The third-order valence-corrected chi connectivity index (χ3v) is 20.7. The van der Waals surface area contributed by atoms with Crippen molar-refractivity contribution in [2.45, 2.75) is 14.0 Å². The number of nitrogens with zero attached hydrogens (tertiary/aromatic N) is 9. The van der Waals surface area contributed by atoms with Crippen molar-refractivity contribution in [1.82, 2.24) is 30.3 Å². The van der Waals surface area contributed by atoms with Crippen molar-refractivity contribution in [2.75, 3.05) is 58.5 Å². The Kier molecular flexibility index (Phi) is 31.1. The van der Waals surface area contributed by atoms with Gasteiger partial charge in [0.25, 0.3) is 35.4 Å². The van der Waals surface area contributed by atoms with Crippen LogP contribution >= 0.6 is 62.1 Å². The molecule has 658 valence electrons. The summed E-state index contributed by atoms with van der Waals surface area (Å²) in [6, 6.07) is 77.1. The number of hydrogen-bond acceptors (Lipinski definition) is 24. The lowest BCUT2D eigenvalue weighted by atomic mass is 10.1. The predicted molar refractivity (Wildman–Crippen MR) is 514 cm³/mol. The maximum Gasteiger partial charge on any atom is 0.346 e. The van der Waals surface area contributed by atoms with Crippen molar-refractivity contribution in [3.05, 3.63) is 377 Å². The van der Waals surface area contributed by atoms with Gasteiger partial charge in [0, 0.05) is 149 Å². The van der Waals surface area contributed by atoms with Crippen molar-refractivity contribution in [3.63, 3.8) is 0 Å². The van der Waals surface area contributed by atoms with E-state index in [-0.39, 0.29) is 42.9 Å². The summed E-state index contributed by atoms with van der Waals surface area (Å²) in [6.45, 7) is 0.591. The fourth-order valence-corrected chi connectivity index (χ4v) is 14.6. The molecule has 131 heavy (non-hydrogen) atoms. The van der Waals surface area contributed by atoms with E-state index in [0.29, 0.717) is 83.8 Å². The van der Waals surface area contributed by atoms with Crippen LogP contribution in [0.3, 0.4) is 0 Å². The summed E-state index contributed by atoms with van der Waals surface area (Å²) >= 11 is 25.8. The molecular weight excluding hydrogens is 1790 g/mol. The number of methoxy groups -OCH3 is 2. The number of hydrogen-bond donors (Lipinski definition) is 7. The maximum absolute atomic E-state index is 12.6. The fraction of sp³-hybridized carbons (Fsp3) is 0.0515. The number of halogens is 5. The highest BCUT2D eigenvalue weighted by Gasteiger charge is 2.40. The zero-order valence-corrected chi connectivity index (χ0v) is 73.4. The molecule has 11 aromatic carbocycles. The molecule has 4 aliphatic heterocycles. The van der Waals surface area contributed by atoms with E-state index in [9.17, 15) is 48.1 Å². The number of esters is 2. The summed E-state index contributed by atoms with van der Waals surface area (Å²) in [7, 11) is 4.94. The SMILES string of the molecule is C.CNN.COc1ccc(CNc2nccc3c(N)cccc23)c(OC)c1.Nc1cccc2c(Cl)nccc12.Nc1cccc2cnccc12.O=C1OC(=O)c2ccccc21.O=C1c2ccccc2C(=O)N1c1cccc2c(Cl)nccc12.O=C1c2ccccc2C(=O)N1c1cccc2c[n+](O)ccc12.O=C1c2ccccc2C(=O)N1c1cccc2cnccc12.O=P(Cl)(Cl)Cl. The highest BCUT2D eigenvalue weighted by Crippen LogP contribution is 2.61. The first-order chi connectivity index (χ1) is 62.7. The molecule has 0 spiro atoms. The quantitative estimate of drug-likeness (QED) is 0.00710. The molecular formula is C97H78Cl5N15O13P+. The second-order valence-electron chi connectivity index (χ2n) is 28.0. The van der Waals surface area contributed by atoms with E-state index < -0.39 is 17.1 Å². The topological polar surface area (TPSA) is 408 Å². The lowest BCUT2D eigenvalue weighted by Gasteiger charge is -2.16. The molecule has 0 saturated carbocycles. The Morgan fingerprint density at radius 1 is 0.412 bits per heavy atom. The predicted octanol–water partition coefficient (Wildman–Crippen LogP) is 20.1. The monoisotopic (exact) mass is 1870 g/mol. The van der Waals surface area contributed by atoms with Gasteiger partial charge >= 0.3 is 17.1 Å². The minimum Gasteiger partial charge on any atom is -0.497 e. The van der Waals surface area contributed by atoms with E-state index in [0.717, 1.165) is 104 Å². The average molecular weight is 1870 g/mol. The average Bonchev–Trinajstić information content (AvgIpc) is 1.61. The van der Waals surface area contributed by atoms with Gasteiger partial charge in [0.2, 0.25) is 12.4 Å². The lowest BCUT2D eigenvalue weighted by Crippen LogP contribution is -2.30. The summed E-state index contributed by atoms with van der Waals surface area (Å²) in [5, 5.41) is 21.1. The van der Waals surface area contributed by atoms with Crippen LogP contribution < -0.4 is 62.7 Å². The molecule has 0 fully saturated rings. The molecule has 4 aliphatic rings. The molecule has 10 heterocycles. The van der Waals surface area contributed by atoms with Crippen molar-refractivity contribution in [3.8, 4) is 11.5 Å². The largest absolute Gasteiger partial charge is 0.497 e. The number of carbonyl (C=O) groups is 8. The summed E-state index contributed by atoms with van der Waals surface area (Å²) in [6.07, 6.45) is 14.9. The van der Waals surface area contributed by atoms with Crippen LogP contribution in [0.15, 0.2) is 317 Å². The van der Waals surface area contributed by atoms with E-state index in [1.54, 1.807) is 198 Å². The summed E-state index contributed by atoms with van der Waals surface area (Å²) in [5.41, 5.74) is 28.0. The van der Waals surface area contributed by atoms with Crippen LogP contribution in [0.1, 0.15) is 95.9 Å². The number of ether oxygens (including phenoxy) is 3. The number of cyclic esters (lactones) is 2. The zero-order valence-electron chi connectivity index (χ0n) is 68.7. The molecule has 34 heteroatoms. The van der Waals surface area contributed by atoms with Crippen LogP contribution in [0.4, 0.5) is 39.9 Å². The Morgan fingerprint density at radius 2 is 0.763 bits per heavy atom. The van der Waals surface area contributed by atoms with Gasteiger partial charge in [-0.3, -0.25) is 59.8 Å². The van der Waals surface area contributed by atoms with E-state index in [1.165, 1.54) is 27.1 Å². The van der Waals surface area contributed by atoms with Gasteiger partial charge in [0.05, 0.1) is 81.2 Å². The number of nitrogen functional groups attached to an aromatic ring is 3. The molecule has 28 nitrogen and oxygen atoms in total. The van der Waals surface area contributed by atoms with Gasteiger partial charge in [0.15, 0.2) is 0 Å². The Bertz CT molecular complexity index is 7130. The molecule has 0 aliphatic carbocycles. The third-order valence-electron chi connectivity index (χ3n) is 20.1. The first-order valence-electron chi connectivity index (χ1n) is 39.0. The van der Waals surface area contributed by atoms with Gasteiger partial charge < -0.3 is 36.7 Å². The van der Waals surface area contributed by atoms with Gasteiger partial charge in [-0.15, -0.1) is 0 Å². The van der Waals surface area contributed by atoms with Crippen LogP contribution in [0, 0.1) is 0 Å². The van der Waals surface area contributed by atoms with Gasteiger partial charge in [-0.1, -0.05) is 146 Å². The Labute approximate surface area is 773 Å². The number of imide groups is 3. The van der Waals surface area contributed by atoms with E-state index in [1.807, 2.05) is 128 Å². The van der Waals surface area contributed by atoms with Crippen molar-refractivity contribution in [2.24, 2.45) is 5.84 Å². The van der Waals surface area contributed by atoms with E-state index in [4.69, 9.17) is 49.9 Å². The van der Waals surface area contributed by atoms with E-state index >= 15 is 0 Å². The number of amides is 6. The van der Waals surface area contributed by atoms with E-state index in [2.05, 4.69) is 80.0 Å². The number of fused-ring (bicyclic) bond motifs is 10. The lowest BCUT2D eigenvalue weighted by molar-refractivity contribution is -0.903. The number of nitrogens with one attached hydrogen (secondary N) is 2. The van der Waals surface area contributed by atoms with Gasteiger partial charge in [-0.25, -0.2) is 39.2 Å².